The Hall–Kier alpha value is -1.07. The van der Waals surface area contributed by atoms with Gasteiger partial charge < -0.3 is 40.3 Å². The Morgan fingerprint density at radius 2 is 0.965 bits per heavy atom. The highest BCUT2D eigenvalue weighted by atomic mass is 16.7. The zero-order chi connectivity index (χ0) is 41.6. The number of amides is 1. The summed E-state index contributed by atoms with van der Waals surface area (Å²) in [5.41, 5.74) is 0. The van der Waals surface area contributed by atoms with Crippen molar-refractivity contribution in [3.8, 4) is 0 Å². The molecule has 338 valence electrons. The molecule has 1 heterocycles. The van der Waals surface area contributed by atoms with Crippen molar-refractivity contribution in [3.63, 3.8) is 0 Å². The summed E-state index contributed by atoms with van der Waals surface area (Å²) >= 11 is 0. The molecule has 57 heavy (non-hydrogen) atoms. The molecular weight excluding hydrogens is 719 g/mol. The molecule has 0 saturated carbocycles. The zero-order valence-electron chi connectivity index (χ0n) is 37.1. The quantitative estimate of drug-likeness (QED) is 0.0264. The summed E-state index contributed by atoms with van der Waals surface area (Å²) in [5.74, 6) is -0.177. The van der Waals surface area contributed by atoms with Crippen molar-refractivity contribution in [1.82, 2.24) is 5.32 Å². The predicted octanol–water partition coefficient (Wildman–Crippen LogP) is 10.5. The van der Waals surface area contributed by atoms with Gasteiger partial charge >= 0.3 is 0 Å². The third kappa shape index (κ3) is 29.7. The predicted molar refractivity (Wildman–Crippen MR) is 235 cm³/mol. The number of rotatable bonds is 41. The number of hydrogen-bond donors (Lipinski definition) is 6. The van der Waals surface area contributed by atoms with Crippen LogP contribution in [0.15, 0.2) is 12.2 Å². The van der Waals surface area contributed by atoms with Gasteiger partial charge in [0.1, 0.15) is 24.4 Å². The van der Waals surface area contributed by atoms with Gasteiger partial charge in [-0.05, 0) is 19.3 Å². The smallest absolute Gasteiger partial charge is 0.220 e. The van der Waals surface area contributed by atoms with Gasteiger partial charge in [-0.2, -0.15) is 0 Å². The summed E-state index contributed by atoms with van der Waals surface area (Å²) in [6, 6.07) is -0.797. The van der Waals surface area contributed by atoms with Crippen LogP contribution >= 0.6 is 0 Å². The number of aliphatic hydroxyl groups excluding tert-OH is 5. The fourth-order valence-electron chi connectivity index (χ4n) is 7.92. The fraction of sp³-hybridized carbons (Fsp3) is 0.938. The Balaban J connectivity index is 2.24. The van der Waals surface area contributed by atoms with Gasteiger partial charge in [0.05, 0.1) is 25.4 Å². The highest BCUT2D eigenvalue weighted by Crippen LogP contribution is 2.23. The Morgan fingerprint density at radius 1 is 0.579 bits per heavy atom. The van der Waals surface area contributed by atoms with Crippen LogP contribution in [0.3, 0.4) is 0 Å². The first-order valence-corrected chi connectivity index (χ1v) is 24.4. The van der Waals surface area contributed by atoms with E-state index in [1.807, 2.05) is 6.08 Å². The number of ether oxygens (including phenoxy) is 2. The second-order valence-corrected chi connectivity index (χ2v) is 17.3. The third-order valence-corrected chi connectivity index (χ3v) is 11.9. The van der Waals surface area contributed by atoms with E-state index in [-0.39, 0.29) is 12.5 Å². The summed E-state index contributed by atoms with van der Waals surface area (Å²) in [5, 5.41) is 54.2. The molecule has 0 spiro atoms. The second-order valence-electron chi connectivity index (χ2n) is 17.3. The molecule has 1 rings (SSSR count). The van der Waals surface area contributed by atoms with Gasteiger partial charge in [0.25, 0.3) is 0 Å². The zero-order valence-corrected chi connectivity index (χ0v) is 37.1. The van der Waals surface area contributed by atoms with Gasteiger partial charge in [0.2, 0.25) is 5.91 Å². The Kier molecular flexibility index (Phi) is 37.0. The lowest BCUT2D eigenvalue weighted by atomic mass is 9.99. The number of unbranched alkanes of at least 4 members (excludes halogenated alkanes) is 31. The number of carbonyl (C=O) groups is 1. The van der Waals surface area contributed by atoms with E-state index in [2.05, 4.69) is 19.2 Å². The van der Waals surface area contributed by atoms with E-state index in [4.69, 9.17) is 9.47 Å². The van der Waals surface area contributed by atoms with Crippen LogP contribution in [-0.2, 0) is 14.3 Å². The van der Waals surface area contributed by atoms with Crippen LogP contribution in [0.2, 0.25) is 0 Å². The summed E-state index contributed by atoms with van der Waals surface area (Å²) in [6.07, 6.45) is 38.4. The van der Waals surface area contributed by atoms with Crippen LogP contribution in [0.5, 0.6) is 0 Å². The molecule has 7 atom stereocenters. The molecule has 1 aliphatic rings. The second kappa shape index (κ2) is 39.1. The standard InChI is InChI=1S/C48H93NO8/c1-3-5-7-9-11-13-15-16-17-18-19-20-21-22-23-24-25-26-27-28-29-31-33-35-37-42(51)41(40-56-48-47(55)46(54)45(53)43(39-50)57-48)49-44(52)38-36-34-32-30-14-12-10-8-6-4-2/h35,37,41-43,45-48,50-51,53-55H,3-34,36,38-40H2,1-2H3,(H,49,52)/b37-35+. The number of allylic oxidation sites excluding steroid dienone is 1. The number of hydrogen-bond acceptors (Lipinski definition) is 8. The molecule has 0 aromatic heterocycles. The molecule has 0 aromatic rings. The molecule has 7 unspecified atom stereocenters. The van der Waals surface area contributed by atoms with Crippen molar-refractivity contribution in [1.29, 1.82) is 0 Å². The van der Waals surface area contributed by atoms with Gasteiger partial charge in [-0.3, -0.25) is 4.79 Å². The van der Waals surface area contributed by atoms with Gasteiger partial charge in [-0.25, -0.2) is 0 Å². The minimum absolute atomic E-state index is 0.177. The number of aliphatic hydroxyl groups is 5. The Morgan fingerprint density at radius 3 is 1.37 bits per heavy atom. The maximum atomic E-state index is 12.9. The van der Waals surface area contributed by atoms with Crippen molar-refractivity contribution in [2.75, 3.05) is 13.2 Å². The lowest BCUT2D eigenvalue weighted by Crippen LogP contribution is -2.60. The first-order chi connectivity index (χ1) is 27.8. The molecule has 1 saturated heterocycles. The summed E-state index contributed by atoms with van der Waals surface area (Å²) in [7, 11) is 0. The van der Waals surface area contributed by atoms with E-state index in [1.54, 1.807) is 6.08 Å². The third-order valence-electron chi connectivity index (χ3n) is 11.9. The highest BCUT2D eigenvalue weighted by Gasteiger charge is 2.44. The van der Waals surface area contributed by atoms with Gasteiger partial charge in [-0.15, -0.1) is 0 Å². The van der Waals surface area contributed by atoms with Gasteiger partial charge in [0, 0.05) is 6.42 Å². The average molecular weight is 812 g/mol. The van der Waals surface area contributed by atoms with E-state index in [1.165, 1.54) is 173 Å². The van der Waals surface area contributed by atoms with Crippen molar-refractivity contribution in [2.24, 2.45) is 0 Å². The first-order valence-electron chi connectivity index (χ1n) is 24.4. The largest absolute Gasteiger partial charge is 0.394 e. The van der Waals surface area contributed by atoms with Crippen LogP contribution in [0.1, 0.15) is 232 Å². The van der Waals surface area contributed by atoms with E-state index in [0.29, 0.717) is 6.42 Å². The SMILES string of the molecule is CCCCCCCCCCCCCCCCCCCCCCCC/C=C/C(O)C(COC1OC(CO)C(O)C(O)C1O)NC(=O)CCCCCCCCCCCC. The monoisotopic (exact) mass is 812 g/mol. The maximum Gasteiger partial charge on any atom is 0.220 e. The van der Waals surface area contributed by atoms with Crippen molar-refractivity contribution < 1.29 is 39.8 Å². The van der Waals surface area contributed by atoms with Crippen LogP contribution in [0.4, 0.5) is 0 Å². The van der Waals surface area contributed by atoms with Gasteiger partial charge in [0.15, 0.2) is 6.29 Å². The van der Waals surface area contributed by atoms with Crippen molar-refractivity contribution in [3.05, 3.63) is 12.2 Å². The Labute approximate surface area is 350 Å². The average Bonchev–Trinajstić information content (AvgIpc) is 3.21. The fourth-order valence-corrected chi connectivity index (χ4v) is 7.92. The van der Waals surface area contributed by atoms with Crippen LogP contribution in [0.25, 0.3) is 0 Å². The molecule has 0 aliphatic carbocycles. The molecule has 0 aromatic carbocycles. The van der Waals surface area contributed by atoms with E-state index < -0.39 is 49.5 Å². The first kappa shape index (κ1) is 53.9. The normalized spacial score (nSPS) is 21.0. The van der Waals surface area contributed by atoms with E-state index >= 15 is 0 Å². The molecule has 1 amide bonds. The number of carbonyl (C=O) groups excluding carboxylic acids is 1. The topological polar surface area (TPSA) is 149 Å². The lowest BCUT2D eigenvalue weighted by Gasteiger charge is -2.40. The van der Waals surface area contributed by atoms with Crippen LogP contribution < -0.4 is 5.32 Å². The summed E-state index contributed by atoms with van der Waals surface area (Å²) in [6.45, 7) is 3.77. The minimum Gasteiger partial charge on any atom is -0.394 e. The lowest BCUT2D eigenvalue weighted by molar-refractivity contribution is -0.302. The molecule has 0 radical (unpaired) electrons. The molecular formula is C48H93NO8. The summed E-state index contributed by atoms with van der Waals surface area (Å²) < 4.78 is 11.2. The molecule has 1 aliphatic heterocycles. The van der Waals surface area contributed by atoms with E-state index in [0.717, 1.165) is 38.5 Å². The van der Waals surface area contributed by atoms with Crippen molar-refractivity contribution >= 4 is 5.91 Å². The van der Waals surface area contributed by atoms with Gasteiger partial charge in [-0.1, -0.05) is 219 Å². The minimum atomic E-state index is -1.56. The molecule has 1 fully saturated rings. The number of nitrogens with one attached hydrogen (secondary N) is 1. The van der Waals surface area contributed by atoms with Crippen molar-refractivity contribution in [2.45, 2.75) is 275 Å². The molecule has 0 bridgehead atoms. The Bertz CT molecular complexity index is 904. The summed E-state index contributed by atoms with van der Waals surface area (Å²) in [4.78, 5) is 12.9. The van der Waals surface area contributed by atoms with Crippen LogP contribution in [-0.4, -0.2) is 87.5 Å². The molecule has 6 N–H and O–H groups in total. The maximum absolute atomic E-state index is 12.9. The molecule has 9 nitrogen and oxygen atoms in total. The van der Waals surface area contributed by atoms with Crippen LogP contribution in [0, 0.1) is 0 Å². The highest BCUT2D eigenvalue weighted by molar-refractivity contribution is 5.76. The van der Waals surface area contributed by atoms with E-state index in [9.17, 15) is 30.3 Å². The molecule has 9 heteroatoms.